The summed E-state index contributed by atoms with van der Waals surface area (Å²) in [6.45, 7) is 0. The van der Waals surface area contributed by atoms with Crippen LogP contribution < -0.4 is 5.32 Å². The number of carbonyl (C=O) groups is 1. The number of carbonyl (C=O) groups excluding carboxylic acids is 1. The van der Waals surface area contributed by atoms with Crippen molar-refractivity contribution in [3.8, 4) is 11.1 Å². The summed E-state index contributed by atoms with van der Waals surface area (Å²) < 4.78 is 0.921. The van der Waals surface area contributed by atoms with Gasteiger partial charge in [0.05, 0.1) is 5.69 Å². The van der Waals surface area contributed by atoms with Gasteiger partial charge in [0.1, 0.15) is 0 Å². The molecule has 4 aromatic rings. The van der Waals surface area contributed by atoms with Gasteiger partial charge in [0, 0.05) is 26.3 Å². The fraction of sp³-hybridized carbons (Fsp3) is 0. The molecule has 0 radical (unpaired) electrons. The van der Waals surface area contributed by atoms with Crippen molar-refractivity contribution in [1.82, 2.24) is 0 Å². The van der Waals surface area contributed by atoms with Crippen molar-refractivity contribution >= 4 is 44.7 Å². The van der Waals surface area contributed by atoms with Gasteiger partial charge in [-0.1, -0.05) is 78.3 Å². The molecule has 1 N–H and O–H groups in total. The predicted octanol–water partition coefficient (Wildman–Crippen LogP) is 7.74. The minimum absolute atomic E-state index is 0.0151. The lowest BCUT2D eigenvalue weighted by Gasteiger charge is -2.15. The number of benzene rings is 4. The molecule has 4 heteroatoms. The molecule has 4 rings (SSSR count). The smallest absolute Gasteiger partial charge is 0.195 e. The van der Waals surface area contributed by atoms with E-state index < -0.39 is 0 Å². The van der Waals surface area contributed by atoms with Crippen LogP contribution in [0.3, 0.4) is 0 Å². The molecular weight excluding hydrogens is 446 g/mol. The van der Waals surface area contributed by atoms with Gasteiger partial charge in [-0.05, 0) is 57.4 Å². The molecule has 29 heavy (non-hydrogen) atoms. The summed E-state index contributed by atoms with van der Waals surface area (Å²) in [6.07, 6.45) is 0. The Hall–Kier alpha value is -2.88. The van der Waals surface area contributed by atoms with Crippen LogP contribution in [0.1, 0.15) is 15.9 Å². The van der Waals surface area contributed by atoms with E-state index >= 15 is 0 Å². The van der Waals surface area contributed by atoms with E-state index in [2.05, 4.69) is 21.2 Å². The number of halogens is 2. The van der Waals surface area contributed by atoms with Crippen LogP contribution in [0.25, 0.3) is 11.1 Å². The summed E-state index contributed by atoms with van der Waals surface area (Å²) in [5, 5.41) is 4.12. The highest BCUT2D eigenvalue weighted by molar-refractivity contribution is 9.10. The number of hydrogen-bond donors (Lipinski definition) is 1. The molecule has 0 aliphatic heterocycles. The lowest BCUT2D eigenvalue weighted by molar-refractivity contribution is 0.103. The topological polar surface area (TPSA) is 29.1 Å². The first-order valence-corrected chi connectivity index (χ1v) is 10.3. The SMILES string of the molecule is O=C(c1ccccc1)c1ccccc1Nc1cccc(-c2ccc(Cl)cc2)c1Br. The van der Waals surface area contributed by atoms with Gasteiger partial charge >= 0.3 is 0 Å². The Labute approximate surface area is 183 Å². The van der Waals surface area contributed by atoms with Crippen LogP contribution in [-0.4, -0.2) is 5.78 Å². The van der Waals surface area contributed by atoms with Gasteiger partial charge in [-0.3, -0.25) is 4.79 Å². The summed E-state index contributed by atoms with van der Waals surface area (Å²) in [5.74, 6) is -0.0151. The van der Waals surface area contributed by atoms with Crippen molar-refractivity contribution in [3.05, 3.63) is 118 Å². The Balaban J connectivity index is 1.70. The number of anilines is 2. The average Bonchev–Trinajstić information content (AvgIpc) is 2.76. The van der Waals surface area contributed by atoms with E-state index in [-0.39, 0.29) is 5.78 Å². The first kappa shape index (κ1) is 19.4. The van der Waals surface area contributed by atoms with Gasteiger partial charge in [0.2, 0.25) is 0 Å². The lowest BCUT2D eigenvalue weighted by atomic mass is 10.0. The number of nitrogens with one attached hydrogen (secondary N) is 1. The average molecular weight is 463 g/mol. The number of para-hydroxylation sites is 1. The van der Waals surface area contributed by atoms with Crippen LogP contribution in [0, 0.1) is 0 Å². The molecule has 0 saturated carbocycles. The van der Waals surface area contributed by atoms with Gasteiger partial charge in [-0.2, -0.15) is 0 Å². The monoisotopic (exact) mass is 461 g/mol. The van der Waals surface area contributed by atoms with Crippen molar-refractivity contribution in [1.29, 1.82) is 0 Å². The quantitative estimate of drug-likeness (QED) is 0.307. The normalized spacial score (nSPS) is 10.6. The third-order valence-electron chi connectivity index (χ3n) is 4.63. The second kappa shape index (κ2) is 8.64. The van der Waals surface area contributed by atoms with Crippen LogP contribution in [0.5, 0.6) is 0 Å². The molecular formula is C25H17BrClNO. The zero-order chi connectivity index (χ0) is 20.2. The van der Waals surface area contributed by atoms with Gasteiger partial charge in [0.25, 0.3) is 0 Å². The zero-order valence-corrected chi connectivity index (χ0v) is 17.7. The number of ketones is 1. The molecule has 0 saturated heterocycles. The third kappa shape index (κ3) is 4.26. The Bertz CT molecular complexity index is 1160. The first-order valence-electron chi connectivity index (χ1n) is 9.14. The zero-order valence-electron chi connectivity index (χ0n) is 15.4. The molecule has 0 aliphatic rings. The van der Waals surface area contributed by atoms with Crippen LogP contribution in [0.4, 0.5) is 11.4 Å². The largest absolute Gasteiger partial charge is 0.354 e. The molecule has 0 atom stereocenters. The van der Waals surface area contributed by atoms with Gasteiger partial charge in [-0.15, -0.1) is 0 Å². The van der Waals surface area contributed by atoms with Crippen LogP contribution in [-0.2, 0) is 0 Å². The van der Waals surface area contributed by atoms with Crippen LogP contribution in [0.2, 0.25) is 5.02 Å². The van der Waals surface area contributed by atoms with Gasteiger partial charge in [-0.25, -0.2) is 0 Å². The molecule has 0 unspecified atom stereocenters. The number of hydrogen-bond acceptors (Lipinski definition) is 2. The minimum Gasteiger partial charge on any atom is -0.354 e. The Morgan fingerprint density at radius 2 is 1.38 bits per heavy atom. The summed E-state index contributed by atoms with van der Waals surface area (Å²) in [4.78, 5) is 13.0. The Morgan fingerprint density at radius 3 is 2.14 bits per heavy atom. The van der Waals surface area contributed by atoms with E-state index in [1.165, 1.54) is 0 Å². The minimum atomic E-state index is -0.0151. The molecule has 0 bridgehead atoms. The van der Waals surface area contributed by atoms with Crippen molar-refractivity contribution in [3.63, 3.8) is 0 Å². The maximum Gasteiger partial charge on any atom is 0.195 e. The van der Waals surface area contributed by atoms with E-state index in [4.69, 9.17) is 11.6 Å². The molecule has 2 nitrogen and oxygen atoms in total. The van der Waals surface area contributed by atoms with Crippen molar-refractivity contribution in [2.24, 2.45) is 0 Å². The van der Waals surface area contributed by atoms with Crippen LogP contribution >= 0.6 is 27.5 Å². The number of rotatable bonds is 5. The summed E-state index contributed by atoms with van der Waals surface area (Å²) in [5.41, 5.74) is 5.02. The van der Waals surface area contributed by atoms with Crippen LogP contribution in [0.15, 0.2) is 102 Å². The molecule has 4 aromatic carbocycles. The van der Waals surface area contributed by atoms with Crippen molar-refractivity contribution in [2.75, 3.05) is 5.32 Å². The van der Waals surface area contributed by atoms with E-state index in [0.717, 1.165) is 27.0 Å². The highest BCUT2D eigenvalue weighted by Gasteiger charge is 2.15. The highest BCUT2D eigenvalue weighted by Crippen LogP contribution is 2.36. The highest BCUT2D eigenvalue weighted by atomic mass is 79.9. The Kier molecular flexibility index (Phi) is 5.79. The molecule has 0 fully saturated rings. The lowest BCUT2D eigenvalue weighted by Crippen LogP contribution is -2.05. The molecule has 0 spiro atoms. The van der Waals surface area contributed by atoms with E-state index in [1.807, 2.05) is 97.1 Å². The summed E-state index contributed by atoms with van der Waals surface area (Å²) in [7, 11) is 0. The first-order chi connectivity index (χ1) is 14.1. The van der Waals surface area contributed by atoms with Gasteiger partial charge in [0.15, 0.2) is 5.78 Å². The van der Waals surface area contributed by atoms with E-state index in [1.54, 1.807) is 0 Å². The van der Waals surface area contributed by atoms with Crippen molar-refractivity contribution < 1.29 is 4.79 Å². The molecule has 0 heterocycles. The fourth-order valence-corrected chi connectivity index (χ4v) is 3.88. The maximum absolute atomic E-state index is 13.0. The van der Waals surface area contributed by atoms with Crippen molar-refractivity contribution in [2.45, 2.75) is 0 Å². The second-order valence-corrected chi connectivity index (χ2v) is 7.77. The van der Waals surface area contributed by atoms with Gasteiger partial charge < -0.3 is 5.32 Å². The van der Waals surface area contributed by atoms with E-state index in [9.17, 15) is 4.79 Å². The second-order valence-electron chi connectivity index (χ2n) is 6.54. The third-order valence-corrected chi connectivity index (χ3v) is 5.74. The summed E-state index contributed by atoms with van der Waals surface area (Å²) in [6, 6.07) is 30.6. The predicted molar refractivity (Wildman–Crippen MR) is 124 cm³/mol. The summed E-state index contributed by atoms with van der Waals surface area (Å²) >= 11 is 9.74. The Morgan fingerprint density at radius 1 is 0.724 bits per heavy atom. The molecule has 0 aliphatic carbocycles. The molecule has 0 amide bonds. The van der Waals surface area contributed by atoms with E-state index in [0.29, 0.717) is 16.1 Å². The molecule has 0 aromatic heterocycles. The standard InChI is InChI=1S/C25H17BrClNO/c26-24-20(17-13-15-19(27)16-14-17)10-6-12-23(24)28-22-11-5-4-9-21(22)25(29)18-7-2-1-3-8-18/h1-16,28H. The molecule has 142 valence electrons. The maximum atomic E-state index is 13.0. The fourth-order valence-electron chi connectivity index (χ4n) is 3.16.